The number of hydrogen-bond acceptors (Lipinski definition) is 8. The summed E-state index contributed by atoms with van der Waals surface area (Å²) in [4.78, 5) is 33.0. The van der Waals surface area contributed by atoms with Gasteiger partial charge in [0.15, 0.2) is 5.82 Å². The Labute approximate surface area is 242 Å². The van der Waals surface area contributed by atoms with Crippen molar-refractivity contribution in [1.82, 2.24) is 14.6 Å². The molecule has 0 spiro atoms. The lowest BCUT2D eigenvalue weighted by atomic mass is 9.96. The second-order valence-corrected chi connectivity index (χ2v) is 9.89. The van der Waals surface area contributed by atoms with E-state index in [4.69, 9.17) is 14.5 Å². The molecule has 0 saturated heterocycles. The van der Waals surface area contributed by atoms with Gasteiger partial charge in [0.05, 0.1) is 28.6 Å². The first kappa shape index (κ1) is 28.2. The molecule has 0 aliphatic heterocycles. The average Bonchev–Trinajstić information content (AvgIpc) is 2.97. The fourth-order valence-electron chi connectivity index (χ4n) is 4.52. The highest BCUT2D eigenvalue weighted by Gasteiger charge is 2.18. The van der Waals surface area contributed by atoms with Gasteiger partial charge in [0, 0.05) is 17.7 Å². The van der Waals surface area contributed by atoms with Gasteiger partial charge in [-0.2, -0.15) is 9.78 Å². The van der Waals surface area contributed by atoms with Crippen LogP contribution in [0.25, 0.3) is 22.3 Å². The van der Waals surface area contributed by atoms with Crippen LogP contribution in [0.4, 0.5) is 5.69 Å². The number of rotatable bonds is 9. The summed E-state index contributed by atoms with van der Waals surface area (Å²) in [5, 5.41) is 15.9. The summed E-state index contributed by atoms with van der Waals surface area (Å²) < 4.78 is 13.0. The predicted molar refractivity (Wildman–Crippen MR) is 162 cm³/mol. The van der Waals surface area contributed by atoms with Gasteiger partial charge in [-0.15, -0.1) is 0 Å². The first-order chi connectivity index (χ1) is 20.2. The third-order valence-electron chi connectivity index (χ3n) is 6.61. The van der Waals surface area contributed by atoms with Crippen molar-refractivity contribution in [2.45, 2.75) is 33.6 Å². The van der Waals surface area contributed by atoms with Crippen LogP contribution in [0, 0.1) is 17.0 Å². The molecular weight excluding hydrogens is 534 g/mol. The fraction of sp³-hybridized carbons (Fsp3) is 0.188. The Hall–Kier alpha value is -5.38. The maximum Gasteiger partial charge on any atom is 0.287 e. The summed E-state index contributed by atoms with van der Waals surface area (Å²) in [6, 6.07) is 21.0. The highest BCUT2D eigenvalue weighted by molar-refractivity contribution is 5.82. The minimum Gasteiger partial charge on any atom is -0.494 e. The Morgan fingerprint density at radius 3 is 2.60 bits per heavy atom. The van der Waals surface area contributed by atoms with Gasteiger partial charge in [0.1, 0.15) is 17.7 Å². The highest BCUT2D eigenvalue weighted by Crippen LogP contribution is 2.34. The fourth-order valence-corrected chi connectivity index (χ4v) is 4.52. The summed E-state index contributed by atoms with van der Waals surface area (Å²) in [6.07, 6.45) is 2.69. The molecule has 5 rings (SSSR count). The number of aryl methyl sites for hydroxylation is 1. The van der Waals surface area contributed by atoms with Crippen LogP contribution < -0.4 is 15.0 Å². The van der Waals surface area contributed by atoms with Crippen LogP contribution in [0.1, 0.15) is 43.4 Å². The average molecular weight is 564 g/mol. The van der Waals surface area contributed by atoms with E-state index in [9.17, 15) is 14.9 Å². The molecule has 10 nitrogen and oxygen atoms in total. The quantitative estimate of drug-likeness (QED) is 0.109. The Kier molecular flexibility index (Phi) is 8.05. The molecule has 10 heteroatoms. The topological polar surface area (TPSA) is 122 Å². The summed E-state index contributed by atoms with van der Waals surface area (Å²) in [5.74, 6) is 2.07. The van der Waals surface area contributed by atoms with Crippen molar-refractivity contribution < 1.29 is 14.4 Å². The summed E-state index contributed by atoms with van der Waals surface area (Å²) in [7, 11) is 0. The van der Waals surface area contributed by atoms with Crippen molar-refractivity contribution in [1.29, 1.82) is 0 Å². The number of nitrogens with zero attached hydrogens (tertiary/aromatic N) is 5. The molecule has 5 aromatic rings. The van der Waals surface area contributed by atoms with Crippen LogP contribution in [0.5, 0.6) is 17.4 Å². The number of pyridine rings is 1. The molecule has 212 valence electrons. The minimum atomic E-state index is -0.524. The first-order valence-corrected chi connectivity index (χ1v) is 13.5. The van der Waals surface area contributed by atoms with Crippen LogP contribution in [-0.2, 0) is 0 Å². The van der Waals surface area contributed by atoms with E-state index in [-0.39, 0.29) is 23.0 Å². The third kappa shape index (κ3) is 5.87. The number of benzene rings is 3. The Balaban J connectivity index is 1.57. The Morgan fingerprint density at radius 1 is 1.07 bits per heavy atom. The molecule has 0 radical (unpaired) electrons. The van der Waals surface area contributed by atoms with Crippen molar-refractivity contribution in [2.75, 3.05) is 6.61 Å². The van der Waals surface area contributed by atoms with Gasteiger partial charge in [-0.3, -0.25) is 14.9 Å². The lowest BCUT2D eigenvalue weighted by molar-refractivity contribution is -0.385. The number of nitro groups is 1. The zero-order valence-electron chi connectivity index (χ0n) is 23.6. The molecule has 42 heavy (non-hydrogen) atoms. The van der Waals surface area contributed by atoms with Gasteiger partial charge in [0.25, 0.3) is 11.2 Å². The van der Waals surface area contributed by atoms with Crippen molar-refractivity contribution in [3.05, 3.63) is 116 Å². The lowest BCUT2D eigenvalue weighted by Crippen LogP contribution is -2.20. The standard InChI is InChI=1S/C32H29N5O5/c1-5-41-29-15-21(4)27(17-26(29)20(2)3)31-35-28-12-7-6-11-25(28)32(38)36(31)34-18-22-9-8-10-24(16-22)42-30-14-13-23(19-33-30)37(39)40/h6-20H,5H2,1-4H3. The minimum absolute atomic E-state index is 0.128. The highest BCUT2D eigenvalue weighted by atomic mass is 16.6. The van der Waals surface area contributed by atoms with Gasteiger partial charge in [0.2, 0.25) is 5.88 Å². The van der Waals surface area contributed by atoms with Crippen molar-refractivity contribution in [3.63, 3.8) is 0 Å². The normalized spacial score (nSPS) is 11.4. The number of fused-ring (bicyclic) bond motifs is 1. The van der Waals surface area contributed by atoms with Gasteiger partial charge in [-0.25, -0.2) is 9.97 Å². The molecule has 2 heterocycles. The molecule has 3 aromatic carbocycles. The van der Waals surface area contributed by atoms with Gasteiger partial charge < -0.3 is 9.47 Å². The van der Waals surface area contributed by atoms with E-state index in [0.29, 0.717) is 34.6 Å². The van der Waals surface area contributed by atoms with Crippen LogP contribution in [0.3, 0.4) is 0 Å². The maximum absolute atomic E-state index is 13.7. The van der Waals surface area contributed by atoms with Gasteiger partial charge in [-0.05, 0) is 72.9 Å². The summed E-state index contributed by atoms with van der Waals surface area (Å²) >= 11 is 0. The number of hydrogen-bond donors (Lipinski definition) is 0. The number of ether oxygens (including phenoxy) is 2. The van der Waals surface area contributed by atoms with Crippen molar-refractivity contribution in [3.8, 4) is 28.8 Å². The van der Waals surface area contributed by atoms with Crippen LogP contribution >= 0.6 is 0 Å². The first-order valence-electron chi connectivity index (χ1n) is 13.5. The second kappa shape index (κ2) is 12.0. The smallest absolute Gasteiger partial charge is 0.287 e. The molecule has 0 amide bonds. The van der Waals surface area contributed by atoms with Crippen LogP contribution in [0.15, 0.2) is 88.9 Å². The van der Waals surface area contributed by atoms with Crippen LogP contribution in [0.2, 0.25) is 0 Å². The Bertz CT molecular complexity index is 1860. The maximum atomic E-state index is 13.7. The molecule has 0 fully saturated rings. The number of aromatic nitrogens is 3. The lowest BCUT2D eigenvalue weighted by Gasteiger charge is -2.18. The van der Waals surface area contributed by atoms with Crippen LogP contribution in [-0.4, -0.2) is 32.4 Å². The molecule has 0 atom stereocenters. The van der Waals surface area contributed by atoms with Crippen molar-refractivity contribution in [2.24, 2.45) is 5.10 Å². The van der Waals surface area contributed by atoms with E-state index in [1.165, 1.54) is 16.8 Å². The largest absolute Gasteiger partial charge is 0.494 e. The second-order valence-electron chi connectivity index (χ2n) is 9.89. The monoisotopic (exact) mass is 563 g/mol. The molecular formula is C32H29N5O5. The molecule has 0 saturated carbocycles. The number of para-hydroxylation sites is 1. The van der Waals surface area contributed by atoms with E-state index in [0.717, 1.165) is 28.6 Å². The molecule has 0 aliphatic rings. The van der Waals surface area contributed by atoms with Gasteiger partial charge in [-0.1, -0.05) is 38.1 Å². The molecule has 0 unspecified atom stereocenters. The third-order valence-corrected chi connectivity index (χ3v) is 6.61. The van der Waals surface area contributed by atoms with Gasteiger partial charge >= 0.3 is 0 Å². The Morgan fingerprint density at radius 2 is 1.88 bits per heavy atom. The van der Waals surface area contributed by atoms with E-state index >= 15 is 0 Å². The van der Waals surface area contributed by atoms with E-state index in [1.54, 1.807) is 36.5 Å². The SMILES string of the molecule is CCOc1cc(C)c(-c2nc3ccccc3c(=O)n2N=Cc2cccc(Oc3ccc([N+](=O)[O-])cn3)c2)cc1C(C)C. The zero-order chi connectivity index (χ0) is 29.8. The van der Waals surface area contributed by atoms with E-state index in [1.807, 2.05) is 44.2 Å². The summed E-state index contributed by atoms with van der Waals surface area (Å²) in [5.41, 5.74) is 3.51. The van der Waals surface area contributed by atoms with E-state index < -0.39 is 4.92 Å². The molecule has 0 bridgehead atoms. The molecule has 0 N–H and O–H groups in total. The van der Waals surface area contributed by atoms with E-state index in [2.05, 4.69) is 23.9 Å². The molecule has 0 aliphatic carbocycles. The predicted octanol–water partition coefficient (Wildman–Crippen LogP) is 6.87. The summed E-state index contributed by atoms with van der Waals surface area (Å²) in [6.45, 7) is 8.65. The zero-order valence-corrected chi connectivity index (χ0v) is 23.6. The molecule has 2 aromatic heterocycles. The van der Waals surface area contributed by atoms with Crippen molar-refractivity contribution >= 4 is 22.8 Å².